The van der Waals surface area contributed by atoms with Crippen molar-refractivity contribution in [2.75, 3.05) is 12.3 Å². The highest BCUT2D eigenvalue weighted by atomic mass is 15.1. The SMILES string of the molecule is NC(N)=NCCCCCn1cnc2c(N)ncnc21. The molecule has 0 saturated carbocycles. The predicted molar refractivity (Wildman–Crippen MR) is 74.3 cm³/mol. The maximum absolute atomic E-state index is 5.73. The number of nitrogen functional groups attached to an aromatic ring is 1. The molecule has 0 atom stereocenters. The highest BCUT2D eigenvalue weighted by Crippen LogP contribution is 2.14. The number of hydrogen-bond acceptors (Lipinski definition) is 5. The van der Waals surface area contributed by atoms with Gasteiger partial charge in [-0.1, -0.05) is 0 Å². The Bertz CT molecular complexity index is 569. The largest absolute Gasteiger partial charge is 0.382 e. The highest BCUT2D eigenvalue weighted by Gasteiger charge is 2.06. The molecule has 0 aliphatic rings. The number of aryl methyl sites for hydroxylation is 1. The van der Waals surface area contributed by atoms with Crippen molar-refractivity contribution in [3.05, 3.63) is 12.7 Å². The standard InChI is InChI=1S/C11H18N8/c12-9-8-10(17-6-16-9)19(7-18-8)5-3-1-2-4-15-11(13)14/h6-7H,1-5H2,(H2,12,16,17)(H4,13,14,15). The van der Waals surface area contributed by atoms with Crippen molar-refractivity contribution in [1.29, 1.82) is 0 Å². The van der Waals surface area contributed by atoms with Crippen molar-refractivity contribution in [1.82, 2.24) is 19.5 Å². The van der Waals surface area contributed by atoms with Crippen molar-refractivity contribution in [2.24, 2.45) is 16.5 Å². The Balaban J connectivity index is 1.85. The zero-order valence-electron chi connectivity index (χ0n) is 10.7. The molecule has 0 aliphatic heterocycles. The first-order valence-corrected chi connectivity index (χ1v) is 6.15. The molecule has 2 heterocycles. The summed E-state index contributed by atoms with van der Waals surface area (Å²) in [5.74, 6) is 0.560. The van der Waals surface area contributed by atoms with Crippen LogP contribution in [0.25, 0.3) is 11.2 Å². The van der Waals surface area contributed by atoms with Gasteiger partial charge in [0.25, 0.3) is 0 Å². The molecule has 8 nitrogen and oxygen atoms in total. The molecule has 0 aromatic carbocycles. The van der Waals surface area contributed by atoms with Crippen LogP contribution in [0.15, 0.2) is 17.6 Å². The van der Waals surface area contributed by atoms with Gasteiger partial charge in [-0.05, 0) is 19.3 Å². The third kappa shape index (κ3) is 3.30. The van der Waals surface area contributed by atoms with E-state index in [4.69, 9.17) is 17.2 Å². The fourth-order valence-electron chi connectivity index (χ4n) is 1.84. The molecule has 0 unspecified atom stereocenters. The van der Waals surface area contributed by atoms with Gasteiger partial charge < -0.3 is 21.8 Å². The fourth-order valence-corrected chi connectivity index (χ4v) is 1.84. The molecule has 0 radical (unpaired) electrons. The Kier molecular flexibility index (Phi) is 4.11. The first-order chi connectivity index (χ1) is 9.18. The van der Waals surface area contributed by atoms with Crippen LogP contribution in [0, 0.1) is 0 Å². The third-order valence-corrected chi connectivity index (χ3v) is 2.78. The van der Waals surface area contributed by atoms with E-state index < -0.39 is 0 Å². The number of rotatable bonds is 6. The molecule has 2 rings (SSSR count). The van der Waals surface area contributed by atoms with E-state index in [1.54, 1.807) is 6.33 Å². The second-order valence-electron chi connectivity index (χ2n) is 4.24. The Morgan fingerprint density at radius 2 is 2.00 bits per heavy atom. The van der Waals surface area contributed by atoms with E-state index in [1.165, 1.54) is 6.33 Å². The summed E-state index contributed by atoms with van der Waals surface area (Å²) in [5, 5.41) is 0. The number of hydrogen-bond donors (Lipinski definition) is 3. The van der Waals surface area contributed by atoms with Crippen LogP contribution in [0.3, 0.4) is 0 Å². The number of aliphatic imine (C=N–C) groups is 1. The first-order valence-electron chi connectivity index (χ1n) is 6.15. The summed E-state index contributed by atoms with van der Waals surface area (Å²) in [6.07, 6.45) is 6.20. The Morgan fingerprint density at radius 3 is 2.79 bits per heavy atom. The van der Waals surface area contributed by atoms with Gasteiger partial charge in [-0.15, -0.1) is 0 Å². The van der Waals surface area contributed by atoms with Crippen LogP contribution >= 0.6 is 0 Å². The zero-order valence-corrected chi connectivity index (χ0v) is 10.7. The van der Waals surface area contributed by atoms with Crippen LogP contribution in [0.4, 0.5) is 5.82 Å². The van der Waals surface area contributed by atoms with Gasteiger partial charge in [0.15, 0.2) is 17.4 Å². The van der Waals surface area contributed by atoms with Crippen molar-refractivity contribution in [3.8, 4) is 0 Å². The van der Waals surface area contributed by atoms with Crippen molar-refractivity contribution in [2.45, 2.75) is 25.8 Å². The predicted octanol–water partition coefficient (Wildman–Crippen LogP) is -0.148. The number of imidazole rings is 1. The summed E-state index contributed by atoms with van der Waals surface area (Å²) in [6.45, 7) is 1.51. The van der Waals surface area contributed by atoms with E-state index in [1.807, 2.05) is 4.57 Å². The molecular weight excluding hydrogens is 244 g/mol. The minimum atomic E-state index is 0.146. The second-order valence-corrected chi connectivity index (χ2v) is 4.24. The summed E-state index contributed by atoms with van der Waals surface area (Å²) >= 11 is 0. The number of guanidine groups is 1. The summed E-state index contributed by atoms with van der Waals surface area (Å²) in [7, 11) is 0. The van der Waals surface area contributed by atoms with Crippen LogP contribution in [0.1, 0.15) is 19.3 Å². The van der Waals surface area contributed by atoms with Gasteiger partial charge in [0.1, 0.15) is 11.8 Å². The molecule has 0 amide bonds. The first kappa shape index (κ1) is 13.1. The molecule has 6 N–H and O–H groups in total. The van der Waals surface area contributed by atoms with Gasteiger partial charge in [-0.3, -0.25) is 4.99 Å². The van der Waals surface area contributed by atoms with Crippen LogP contribution in [-0.2, 0) is 6.54 Å². The summed E-state index contributed by atoms with van der Waals surface area (Å²) in [4.78, 5) is 16.3. The lowest BCUT2D eigenvalue weighted by Gasteiger charge is -2.03. The molecule has 102 valence electrons. The molecule has 2 aromatic heterocycles. The monoisotopic (exact) mass is 262 g/mol. The van der Waals surface area contributed by atoms with E-state index in [2.05, 4.69) is 19.9 Å². The zero-order chi connectivity index (χ0) is 13.7. The maximum atomic E-state index is 5.73. The lowest BCUT2D eigenvalue weighted by atomic mass is 10.2. The molecule has 0 fully saturated rings. The molecule has 19 heavy (non-hydrogen) atoms. The number of nitrogens with zero attached hydrogens (tertiary/aromatic N) is 5. The number of aromatic nitrogens is 4. The summed E-state index contributed by atoms with van der Waals surface area (Å²) in [6, 6.07) is 0. The minimum Gasteiger partial charge on any atom is -0.382 e. The van der Waals surface area contributed by atoms with E-state index in [-0.39, 0.29) is 5.96 Å². The fraction of sp³-hybridized carbons (Fsp3) is 0.455. The molecule has 0 spiro atoms. The van der Waals surface area contributed by atoms with E-state index >= 15 is 0 Å². The van der Waals surface area contributed by atoms with Crippen LogP contribution in [-0.4, -0.2) is 32.0 Å². The summed E-state index contributed by atoms with van der Waals surface area (Å²) < 4.78 is 1.98. The smallest absolute Gasteiger partial charge is 0.185 e. The van der Waals surface area contributed by atoms with Crippen LogP contribution in [0.2, 0.25) is 0 Å². The Labute approximate surface area is 110 Å². The van der Waals surface area contributed by atoms with Gasteiger partial charge >= 0.3 is 0 Å². The molecule has 2 aromatic rings. The number of unbranched alkanes of at least 4 members (excludes halogenated alkanes) is 2. The maximum Gasteiger partial charge on any atom is 0.185 e. The van der Waals surface area contributed by atoms with Crippen molar-refractivity contribution >= 4 is 22.9 Å². The average molecular weight is 262 g/mol. The lowest BCUT2D eigenvalue weighted by Crippen LogP contribution is -2.22. The van der Waals surface area contributed by atoms with Crippen LogP contribution < -0.4 is 17.2 Å². The van der Waals surface area contributed by atoms with Gasteiger partial charge in [0.05, 0.1) is 6.33 Å². The van der Waals surface area contributed by atoms with E-state index in [0.29, 0.717) is 17.9 Å². The van der Waals surface area contributed by atoms with Gasteiger partial charge in [0.2, 0.25) is 0 Å². The molecule has 0 aliphatic carbocycles. The van der Waals surface area contributed by atoms with Crippen molar-refractivity contribution < 1.29 is 0 Å². The quantitative estimate of drug-likeness (QED) is 0.376. The van der Waals surface area contributed by atoms with Crippen LogP contribution in [0.5, 0.6) is 0 Å². The van der Waals surface area contributed by atoms with Gasteiger partial charge in [-0.25, -0.2) is 15.0 Å². The van der Waals surface area contributed by atoms with Gasteiger partial charge in [0, 0.05) is 13.1 Å². The second kappa shape index (κ2) is 5.98. The normalized spacial score (nSPS) is 10.7. The third-order valence-electron chi connectivity index (χ3n) is 2.78. The van der Waals surface area contributed by atoms with Gasteiger partial charge in [-0.2, -0.15) is 0 Å². The number of fused-ring (bicyclic) bond motifs is 1. The highest BCUT2D eigenvalue weighted by molar-refractivity contribution is 5.81. The Morgan fingerprint density at radius 1 is 1.16 bits per heavy atom. The number of nitrogens with two attached hydrogens (primary N) is 3. The molecule has 8 heteroatoms. The minimum absolute atomic E-state index is 0.146. The average Bonchev–Trinajstić information content (AvgIpc) is 2.78. The molecule has 0 saturated heterocycles. The molecule has 0 bridgehead atoms. The van der Waals surface area contributed by atoms with Crippen molar-refractivity contribution in [3.63, 3.8) is 0 Å². The van der Waals surface area contributed by atoms with E-state index in [0.717, 1.165) is 31.5 Å². The Hall–Kier alpha value is -2.38. The lowest BCUT2D eigenvalue weighted by molar-refractivity contribution is 0.598. The summed E-state index contributed by atoms with van der Waals surface area (Å²) in [5.41, 5.74) is 17.7. The van der Waals surface area contributed by atoms with E-state index in [9.17, 15) is 0 Å². The number of anilines is 1. The molecular formula is C11H18N8. The topological polar surface area (TPSA) is 134 Å².